The molecule has 30 heavy (non-hydrogen) atoms. The molecule has 0 aromatic heterocycles. The number of rotatable bonds is 7. The largest absolute Gasteiger partial charge is 0.484 e. The van der Waals surface area contributed by atoms with Crippen LogP contribution in [0.3, 0.4) is 0 Å². The van der Waals surface area contributed by atoms with Gasteiger partial charge >= 0.3 is 0 Å². The zero-order chi connectivity index (χ0) is 21.7. The van der Waals surface area contributed by atoms with Crippen LogP contribution in [0.5, 0.6) is 5.75 Å². The molecule has 1 saturated heterocycles. The molecule has 0 atom stereocenters. The standard InChI is InChI=1S/C22H21FN2O4S/c1-14-7-8-17(11-15(14)2)29-13-20(26)24-9-10-25-21(27)19(30-22(25)28)12-16-5-3-4-6-18(16)23/h3-8,11-12H,9-10,13H2,1-2H3,(H,24,26)/b19-12-. The number of aryl methyl sites for hydroxylation is 2. The normalized spacial score (nSPS) is 15.0. The maximum atomic E-state index is 13.8. The maximum absolute atomic E-state index is 13.8. The number of benzene rings is 2. The summed E-state index contributed by atoms with van der Waals surface area (Å²) >= 11 is 0.749. The highest BCUT2D eigenvalue weighted by atomic mass is 32.2. The van der Waals surface area contributed by atoms with Gasteiger partial charge in [-0.15, -0.1) is 0 Å². The zero-order valence-corrected chi connectivity index (χ0v) is 17.4. The number of thioether (sulfide) groups is 1. The highest BCUT2D eigenvalue weighted by Crippen LogP contribution is 2.32. The van der Waals surface area contributed by atoms with Crippen molar-refractivity contribution in [3.63, 3.8) is 0 Å². The molecular formula is C22H21FN2O4S. The fraction of sp³-hybridized carbons (Fsp3) is 0.227. The molecule has 0 aliphatic carbocycles. The first kappa shape index (κ1) is 21.6. The Kier molecular flexibility index (Phi) is 6.89. The fourth-order valence-electron chi connectivity index (χ4n) is 2.74. The number of hydrogen-bond acceptors (Lipinski definition) is 5. The summed E-state index contributed by atoms with van der Waals surface area (Å²) in [6.07, 6.45) is 1.36. The van der Waals surface area contributed by atoms with E-state index in [1.165, 1.54) is 18.2 Å². The minimum absolute atomic E-state index is 0.0225. The minimum Gasteiger partial charge on any atom is -0.484 e. The molecule has 0 saturated carbocycles. The average molecular weight is 428 g/mol. The van der Waals surface area contributed by atoms with E-state index in [1.807, 2.05) is 26.0 Å². The molecule has 2 aromatic carbocycles. The summed E-state index contributed by atoms with van der Waals surface area (Å²) in [6.45, 7) is 3.90. The van der Waals surface area contributed by atoms with Crippen LogP contribution in [0.4, 0.5) is 9.18 Å². The highest BCUT2D eigenvalue weighted by molar-refractivity contribution is 8.18. The van der Waals surface area contributed by atoms with Crippen LogP contribution in [0.2, 0.25) is 0 Å². The van der Waals surface area contributed by atoms with E-state index in [2.05, 4.69) is 5.32 Å². The number of carbonyl (C=O) groups is 3. The van der Waals surface area contributed by atoms with E-state index in [0.717, 1.165) is 27.8 Å². The number of nitrogens with zero attached hydrogens (tertiary/aromatic N) is 1. The lowest BCUT2D eigenvalue weighted by Gasteiger charge is -2.13. The van der Waals surface area contributed by atoms with Crippen LogP contribution in [-0.2, 0) is 9.59 Å². The summed E-state index contributed by atoms with van der Waals surface area (Å²) < 4.78 is 19.2. The molecule has 0 bridgehead atoms. The first-order valence-corrected chi connectivity index (χ1v) is 10.1. The maximum Gasteiger partial charge on any atom is 0.293 e. The molecule has 0 spiro atoms. The monoisotopic (exact) mass is 428 g/mol. The number of amides is 3. The molecule has 3 amide bonds. The van der Waals surface area contributed by atoms with Gasteiger partial charge in [0.1, 0.15) is 11.6 Å². The molecule has 1 N–H and O–H groups in total. The third-order valence-electron chi connectivity index (χ3n) is 4.57. The molecule has 1 heterocycles. The van der Waals surface area contributed by atoms with Crippen molar-refractivity contribution in [3.8, 4) is 5.75 Å². The summed E-state index contributed by atoms with van der Waals surface area (Å²) in [5.74, 6) is -0.742. The van der Waals surface area contributed by atoms with Crippen LogP contribution in [0.1, 0.15) is 16.7 Å². The van der Waals surface area contributed by atoms with Gasteiger partial charge < -0.3 is 10.1 Å². The van der Waals surface area contributed by atoms with Crippen molar-refractivity contribution in [2.24, 2.45) is 0 Å². The Balaban J connectivity index is 1.49. The predicted molar refractivity (Wildman–Crippen MR) is 113 cm³/mol. The van der Waals surface area contributed by atoms with Gasteiger partial charge in [-0.05, 0) is 61.0 Å². The Morgan fingerprint density at radius 3 is 2.67 bits per heavy atom. The van der Waals surface area contributed by atoms with Gasteiger partial charge in [-0.2, -0.15) is 0 Å². The number of hydrogen-bond donors (Lipinski definition) is 1. The number of carbonyl (C=O) groups excluding carboxylic acids is 3. The van der Waals surface area contributed by atoms with Crippen molar-refractivity contribution in [2.45, 2.75) is 13.8 Å². The second-order valence-electron chi connectivity index (χ2n) is 6.74. The Bertz CT molecular complexity index is 1020. The summed E-state index contributed by atoms with van der Waals surface area (Å²) in [6, 6.07) is 11.6. The molecule has 0 radical (unpaired) electrons. The first-order valence-electron chi connectivity index (χ1n) is 9.32. The SMILES string of the molecule is Cc1ccc(OCC(=O)NCCN2C(=O)S/C(=C\c3ccccc3F)C2=O)cc1C. The lowest BCUT2D eigenvalue weighted by Crippen LogP contribution is -2.38. The molecule has 1 fully saturated rings. The lowest BCUT2D eigenvalue weighted by atomic mass is 10.1. The molecule has 8 heteroatoms. The Hall–Kier alpha value is -3.13. The van der Waals surface area contributed by atoms with Crippen molar-refractivity contribution >= 4 is 34.9 Å². The van der Waals surface area contributed by atoms with E-state index in [-0.39, 0.29) is 36.1 Å². The van der Waals surface area contributed by atoms with Crippen LogP contribution in [0.15, 0.2) is 47.4 Å². The third-order valence-corrected chi connectivity index (χ3v) is 5.48. The van der Waals surface area contributed by atoms with Gasteiger partial charge in [0.15, 0.2) is 6.61 Å². The van der Waals surface area contributed by atoms with Crippen molar-refractivity contribution < 1.29 is 23.5 Å². The number of nitrogens with one attached hydrogen (secondary N) is 1. The molecule has 3 rings (SSSR count). The van der Waals surface area contributed by atoms with E-state index in [0.29, 0.717) is 5.75 Å². The van der Waals surface area contributed by atoms with Crippen molar-refractivity contribution in [1.29, 1.82) is 0 Å². The summed E-state index contributed by atoms with van der Waals surface area (Å²) in [7, 11) is 0. The van der Waals surface area contributed by atoms with E-state index in [1.54, 1.807) is 18.2 Å². The summed E-state index contributed by atoms with van der Waals surface area (Å²) in [5.41, 5.74) is 2.43. The number of halogens is 1. The van der Waals surface area contributed by atoms with E-state index < -0.39 is 17.0 Å². The third kappa shape index (κ3) is 5.27. The van der Waals surface area contributed by atoms with Crippen LogP contribution < -0.4 is 10.1 Å². The number of ether oxygens (including phenoxy) is 1. The summed E-state index contributed by atoms with van der Waals surface area (Å²) in [4.78, 5) is 37.7. The summed E-state index contributed by atoms with van der Waals surface area (Å²) in [5, 5.41) is 2.17. The molecule has 6 nitrogen and oxygen atoms in total. The topological polar surface area (TPSA) is 75.7 Å². The van der Waals surface area contributed by atoms with Crippen molar-refractivity contribution in [3.05, 3.63) is 69.9 Å². The fourth-order valence-corrected chi connectivity index (χ4v) is 3.59. The Morgan fingerprint density at radius 1 is 1.17 bits per heavy atom. The van der Waals surface area contributed by atoms with Crippen LogP contribution in [0.25, 0.3) is 6.08 Å². The molecule has 156 valence electrons. The number of imide groups is 1. The van der Waals surface area contributed by atoms with Crippen LogP contribution in [-0.4, -0.2) is 41.6 Å². The van der Waals surface area contributed by atoms with Gasteiger partial charge in [-0.25, -0.2) is 4.39 Å². The second-order valence-corrected chi connectivity index (χ2v) is 7.73. The smallest absolute Gasteiger partial charge is 0.293 e. The minimum atomic E-state index is -0.506. The van der Waals surface area contributed by atoms with Gasteiger partial charge in [-0.3, -0.25) is 19.3 Å². The Morgan fingerprint density at radius 2 is 1.93 bits per heavy atom. The van der Waals surface area contributed by atoms with Gasteiger partial charge in [0.25, 0.3) is 17.1 Å². The molecule has 2 aromatic rings. The van der Waals surface area contributed by atoms with Gasteiger partial charge in [-0.1, -0.05) is 24.3 Å². The highest BCUT2D eigenvalue weighted by Gasteiger charge is 2.34. The molecule has 0 unspecified atom stereocenters. The van der Waals surface area contributed by atoms with Crippen molar-refractivity contribution in [2.75, 3.05) is 19.7 Å². The molecular weight excluding hydrogens is 407 g/mol. The van der Waals surface area contributed by atoms with Gasteiger partial charge in [0.05, 0.1) is 4.91 Å². The lowest BCUT2D eigenvalue weighted by molar-refractivity contribution is -0.125. The van der Waals surface area contributed by atoms with E-state index >= 15 is 0 Å². The zero-order valence-electron chi connectivity index (χ0n) is 16.6. The van der Waals surface area contributed by atoms with Crippen molar-refractivity contribution in [1.82, 2.24) is 10.2 Å². The quantitative estimate of drug-likeness (QED) is 0.681. The van der Waals surface area contributed by atoms with Gasteiger partial charge in [0.2, 0.25) is 0 Å². The molecule has 1 aliphatic rings. The first-order chi connectivity index (χ1) is 14.3. The second kappa shape index (κ2) is 9.58. The van der Waals surface area contributed by atoms with Crippen LogP contribution >= 0.6 is 11.8 Å². The van der Waals surface area contributed by atoms with E-state index in [4.69, 9.17) is 4.74 Å². The van der Waals surface area contributed by atoms with Crippen LogP contribution in [0, 0.1) is 19.7 Å². The van der Waals surface area contributed by atoms with Gasteiger partial charge in [0, 0.05) is 18.7 Å². The van der Waals surface area contributed by atoms with E-state index in [9.17, 15) is 18.8 Å². The predicted octanol–water partition coefficient (Wildman–Crippen LogP) is 3.67. The molecule has 1 aliphatic heterocycles. The Labute approximate surface area is 178 Å². The average Bonchev–Trinajstić information content (AvgIpc) is 2.98.